The summed E-state index contributed by atoms with van der Waals surface area (Å²) in [5, 5.41) is 3.37. The third kappa shape index (κ3) is 0.867. The smallest absolute Gasteiger partial charge is 0.0140 e. The summed E-state index contributed by atoms with van der Waals surface area (Å²) in [4.78, 5) is 2.44. The van der Waals surface area contributed by atoms with Crippen LogP contribution >= 0.6 is 0 Å². The molecule has 2 heteroatoms. The van der Waals surface area contributed by atoms with Crippen LogP contribution in [0.25, 0.3) is 0 Å². The van der Waals surface area contributed by atoms with Crippen molar-refractivity contribution >= 4 is 0 Å². The molecule has 2 nitrogen and oxygen atoms in total. The predicted molar refractivity (Wildman–Crippen MR) is 41.9 cm³/mol. The fourth-order valence-corrected chi connectivity index (χ4v) is 2.34. The Balaban J connectivity index is 1.91. The Bertz CT molecular complexity index is 131. The maximum absolute atomic E-state index is 3.37. The zero-order chi connectivity index (χ0) is 7.14. The second-order valence-electron chi connectivity index (χ2n) is 3.69. The summed E-state index contributed by atoms with van der Waals surface area (Å²) >= 11 is 0. The van der Waals surface area contributed by atoms with Crippen LogP contribution in [0, 0.1) is 11.8 Å². The van der Waals surface area contributed by atoms with E-state index >= 15 is 0 Å². The summed E-state index contributed by atoms with van der Waals surface area (Å²) in [5.41, 5.74) is 0. The standard InChI is InChI=1S/C8H16N2/c1-9-8-6-3-4-10(2)5-7(6)8/h6-9H,3-5H2,1-2H3. The van der Waals surface area contributed by atoms with Crippen molar-refractivity contribution in [3.8, 4) is 0 Å². The second kappa shape index (κ2) is 2.21. The molecular formula is C8H16N2. The van der Waals surface area contributed by atoms with Crippen LogP contribution < -0.4 is 5.32 Å². The van der Waals surface area contributed by atoms with E-state index in [1.165, 1.54) is 19.5 Å². The van der Waals surface area contributed by atoms with Gasteiger partial charge in [-0.25, -0.2) is 0 Å². The van der Waals surface area contributed by atoms with Gasteiger partial charge in [0.2, 0.25) is 0 Å². The lowest BCUT2D eigenvalue weighted by molar-refractivity contribution is 0.265. The number of nitrogens with zero attached hydrogens (tertiary/aromatic N) is 1. The summed E-state index contributed by atoms with van der Waals surface area (Å²) in [6.45, 7) is 2.62. The van der Waals surface area contributed by atoms with E-state index in [1.54, 1.807) is 0 Å². The van der Waals surface area contributed by atoms with E-state index in [0.29, 0.717) is 0 Å². The molecule has 0 bridgehead atoms. The molecule has 0 aromatic carbocycles. The first kappa shape index (κ1) is 6.62. The Kier molecular flexibility index (Phi) is 1.46. The van der Waals surface area contributed by atoms with E-state index in [9.17, 15) is 0 Å². The second-order valence-corrected chi connectivity index (χ2v) is 3.69. The van der Waals surface area contributed by atoms with E-state index < -0.39 is 0 Å². The number of piperidine rings is 1. The lowest BCUT2D eigenvalue weighted by atomic mass is 10.1. The highest BCUT2D eigenvalue weighted by molar-refractivity contribution is 5.05. The molecule has 0 aromatic rings. The van der Waals surface area contributed by atoms with E-state index in [1.807, 2.05) is 0 Å². The van der Waals surface area contributed by atoms with Crippen LogP contribution in [0.3, 0.4) is 0 Å². The van der Waals surface area contributed by atoms with E-state index in [-0.39, 0.29) is 0 Å². The minimum Gasteiger partial charge on any atom is -0.316 e. The molecule has 1 aliphatic heterocycles. The SMILES string of the molecule is CNC1C2CCN(C)CC21. The molecule has 3 atom stereocenters. The van der Waals surface area contributed by atoms with Crippen LogP contribution in [0.1, 0.15) is 6.42 Å². The lowest BCUT2D eigenvalue weighted by Crippen LogP contribution is -2.27. The number of rotatable bonds is 1. The van der Waals surface area contributed by atoms with Gasteiger partial charge in [0, 0.05) is 12.6 Å². The van der Waals surface area contributed by atoms with Crippen LogP contribution in [-0.2, 0) is 0 Å². The topological polar surface area (TPSA) is 15.3 Å². The Morgan fingerprint density at radius 3 is 2.80 bits per heavy atom. The number of fused-ring (bicyclic) bond motifs is 1. The fourth-order valence-electron chi connectivity index (χ4n) is 2.34. The molecule has 2 aliphatic rings. The van der Waals surface area contributed by atoms with Gasteiger partial charge in [0.05, 0.1) is 0 Å². The molecule has 3 unspecified atom stereocenters. The van der Waals surface area contributed by atoms with Crippen molar-refractivity contribution in [2.75, 3.05) is 27.2 Å². The quantitative estimate of drug-likeness (QED) is 0.558. The van der Waals surface area contributed by atoms with Crippen molar-refractivity contribution in [1.82, 2.24) is 10.2 Å². The zero-order valence-corrected chi connectivity index (χ0v) is 6.80. The van der Waals surface area contributed by atoms with E-state index in [0.717, 1.165) is 17.9 Å². The molecule has 1 N–H and O–H groups in total. The number of hydrogen-bond donors (Lipinski definition) is 1. The third-order valence-electron chi connectivity index (χ3n) is 3.03. The number of nitrogens with one attached hydrogen (secondary N) is 1. The zero-order valence-electron chi connectivity index (χ0n) is 6.80. The van der Waals surface area contributed by atoms with Crippen LogP contribution in [0.4, 0.5) is 0 Å². The molecule has 0 spiro atoms. The monoisotopic (exact) mass is 140 g/mol. The van der Waals surface area contributed by atoms with Crippen LogP contribution in [0.15, 0.2) is 0 Å². The van der Waals surface area contributed by atoms with Crippen LogP contribution in [-0.4, -0.2) is 38.1 Å². The summed E-state index contributed by atoms with van der Waals surface area (Å²) in [7, 11) is 4.31. The summed E-state index contributed by atoms with van der Waals surface area (Å²) in [6.07, 6.45) is 1.41. The van der Waals surface area contributed by atoms with Gasteiger partial charge >= 0.3 is 0 Å². The van der Waals surface area contributed by atoms with Gasteiger partial charge in [0.15, 0.2) is 0 Å². The molecule has 1 heterocycles. The summed E-state index contributed by atoms with van der Waals surface area (Å²) in [5.74, 6) is 1.99. The minimum atomic E-state index is 0.852. The molecule has 0 amide bonds. The van der Waals surface area contributed by atoms with Gasteiger partial charge in [-0.05, 0) is 38.9 Å². The van der Waals surface area contributed by atoms with Gasteiger partial charge in [-0.3, -0.25) is 0 Å². The Morgan fingerprint density at radius 2 is 2.20 bits per heavy atom. The normalized spacial score (nSPS) is 46.8. The first-order chi connectivity index (χ1) is 4.83. The Morgan fingerprint density at radius 1 is 1.40 bits per heavy atom. The van der Waals surface area contributed by atoms with Crippen molar-refractivity contribution in [2.45, 2.75) is 12.5 Å². The van der Waals surface area contributed by atoms with Gasteiger partial charge in [-0.2, -0.15) is 0 Å². The number of hydrogen-bond acceptors (Lipinski definition) is 2. The van der Waals surface area contributed by atoms with Gasteiger partial charge < -0.3 is 10.2 Å². The van der Waals surface area contributed by atoms with Crippen molar-refractivity contribution in [3.05, 3.63) is 0 Å². The molecule has 2 rings (SSSR count). The van der Waals surface area contributed by atoms with Gasteiger partial charge in [-0.15, -0.1) is 0 Å². The first-order valence-electron chi connectivity index (χ1n) is 4.18. The number of likely N-dealkylation sites (tertiary alicyclic amines) is 1. The molecule has 0 radical (unpaired) electrons. The van der Waals surface area contributed by atoms with Gasteiger partial charge in [0.1, 0.15) is 0 Å². The van der Waals surface area contributed by atoms with Crippen molar-refractivity contribution < 1.29 is 0 Å². The van der Waals surface area contributed by atoms with Crippen LogP contribution in [0.5, 0.6) is 0 Å². The van der Waals surface area contributed by atoms with Crippen LogP contribution in [0.2, 0.25) is 0 Å². The molecule has 1 saturated heterocycles. The first-order valence-corrected chi connectivity index (χ1v) is 4.18. The molecule has 1 aliphatic carbocycles. The molecule has 10 heavy (non-hydrogen) atoms. The van der Waals surface area contributed by atoms with E-state index in [4.69, 9.17) is 0 Å². The summed E-state index contributed by atoms with van der Waals surface area (Å²) < 4.78 is 0. The molecular weight excluding hydrogens is 124 g/mol. The minimum absolute atomic E-state index is 0.852. The highest BCUT2D eigenvalue weighted by Crippen LogP contribution is 2.44. The maximum atomic E-state index is 3.37. The van der Waals surface area contributed by atoms with Gasteiger partial charge in [0.25, 0.3) is 0 Å². The Hall–Kier alpha value is -0.0800. The Labute approximate surface area is 62.6 Å². The average molecular weight is 140 g/mol. The lowest BCUT2D eigenvalue weighted by Gasteiger charge is -2.19. The molecule has 2 fully saturated rings. The van der Waals surface area contributed by atoms with Gasteiger partial charge in [-0.1, -0.05) is 0 Å². The molecule has 0 aromatic heterocycles. The predicted octanol–water partition coefficient (Wildman–Crippen LogP) is 0.156. The van der Waals surface area contributed by atoms with E-state index in [2.05, 4.69) is 24.3 Å². The third-order valence-corrected chi connectivity index (χ3v) is 3.03. The highest BCUT2D eigenvalue weighted by Gasteiger charge is 2.50. The highest BCUT2D eigenvalue weighted by atomic mass is 15.1. The van der Waals surface area contributed by atoms with Crippen molar-refractivity contribution in [1.29, 1.82) is 0 Å². The average Bonchev–Trinajstić information content (AvgIpc) is 2.60. The fraction of sp³-hybridized carbons (Fsp3) is 1.00. The largest absolute Gasteiger partial charge is 0.316 e. The molecule has 1 saturated carbocycles. The van der Waals surface area contributed by atoms with Crippen molar-refractivity contribution in [2.24, 2.45) is 11.8 Å². The molecule has 58 valence electrons. The van der Waals surface area contributed by atoms with Crippen molar-refractivity contribution in [3.63, 3.8) is 0 Å². The maximum Gasteiger partial charge on any atom is 0.0140 e. The summed E-state index contributed by atoms with van der Waals surface area (Å²) in [6, 6.07) is 0.852.